The van der Waals surface area contributed by atoms with E-state index in [0.717, 1.165) is 11.3 Å². The summed E-state index contributed by atoms with van der Waals surface area (Å²) in [5.74, 6) is 1.31. The van der Waals surface area contributed by atoms with Gasteiger partial charge in [-0.2, -0.15) is 5.10 Å². The summed E-state index contributed by atoms with van der Waals surface area (Å²) in [6.45, 7) is 4.88. The van der Waals surface area contributed by atoms with Crippen molar-refractivity contribution in [3.8, 4) is 5.75 Å². The van der Waals surface area contributed by atoms with Gasteiger partial charge in [0.1, 0.15) is 5.75 Å². The number of nitrogens with one attached hydrogen (secondary N) is 1. The normalized spacial score (nSPS) is 10.8. The minimum atomic E-state index is -0.682. The largest absolute Gasteiger partial charge is 0.493 e. The summed E-state index contributed by atoms with van der Waals surface area (Å²) >= 11 is 0. The summed E-state index contributed by atoms with van der Waals surface area (Å²) in [6.07, 6.45) is 1.51. The number of hydrogen-bond acceptors (Lipinski definition) is 3. The number of nitrogens with zero attached hydrogens (tertiary/aromatic N) is 1. The molecule has 0 unspecified atom stereocenters. The highest BCUT2D eigenvalue weighted by Gasteiger charge is 1.96. The number of carbonyl (C=O) groups excluding carboxylic acids is 1. The molecular weight excluding hydrogens is 218 g/mol. The van der Waals surface area contributed by atoms with Crippen molar-refractivity contribution in [2.45, 2.75) is 13.8 Å². The molecule has 0 aromatic heterocycles. The minimum Gasteiger partial charge on any atom is -0.493 e. The van der Waals surface area contributed by atoms with Gasteiger partial charge in [-0.1, -0.05) is 13.8 Å². The van der Waals surface area contributed by atoms with Crippen LogP contribution in [0.1, 0.15) is 19.4 Å². The van der Waals surface area contributed by atoms with Crippen LogP contribution in [0.4, 0.5) is 4.79 Å². The Bertz CT molecular complexity index is 385. The number of hydrazone groups is 1. The van der Waals surface area contributed by atoms with Crippen molar-refractivity contribution >= 4 is 12.2 Å². The van der Waals surface area contributed by atoms with E-state index in [1.807, 2.05) is 24.3 Å². The van der Waals surface area contributed by atoms with Gasteiger partial charge in [-0.25, -0.2) is 10.2 Å². The molecule has 1 aromatic carbocycles. The standard InChI is InChI=1S/C12H17N3O2/c1-9(2)8-17-11-5-3-10(4-6-11)7-14-15-12(13)16/h3-7,9H,8H2,1-2H3,(H3,13,15,16)/b14-7-. The maximum Gasteiger partial charge on any atom is 0.332 e. The Morgan fingerprint density at radius 2 is 2.12 bits per heavy atom. The molecule has 0 bridgehead atoms. The Morgan fingerprint density at radius 3 is 2.65 bits per heavy atom. The molecule has 0 heterocycles. The van der Waals surface area contributed by atoms with Crippen LogP contribution in [0.25, 0.3) is 0 Å². The molecule has 0 saturated carbocycles. The molecule has 1 aromatic rings. The van der Waals surface area contributed by atoms with Gasteiger partial charge in [-0.15, -0.1) is 0 Å². The van der Waals surface area contributed by atoms with E-state index in [9.17, 15) is 4.79 Å². The quantitative estimate of drug-likeness (QED) is 0.602. The lowest BCUT2D eigenvalue weighted by molar-refractivity contribution is 0.249. The van der Waals surface area contributed by atoms with Gasteiger partial charge < -0.3 is 10.5 Å². The number of ether oxygens (including phenoxy) is 1. The fourth-order valence-corrected chi connectivity index (χ4v) is 1.08. The first kappa shape index (κ1) is 13.0. The molecule has 92 valence electrons. The van der Waals surface area contributed by atoms with E-state index in [4.69, 9.17) is 10.5 Å². The van der Waals surface area contributed by atoms with E-state index in [-0.39, 0.29) is 0 Å². The fraction of sp³-hybridized carbons (Fsp3) is 0.333. The van der Waals surface area contributed by atoms with Gasteiger partial charge in [0, 0.05) is 0 Å². The minimum absolute atomic E-state index is 0.496. The van der Waals surface area contributed by atoms with Crippen molar-refractivity contribution in [3.63, 3.8) is 0 Å². The van der Waals surface area contributed by atoms with Crippen molar-refractivity contribution < 1.29 is 9.53 Å². The molecular formula is C12H17N3O2. The molecule has 17 heavy (non-hydrogen) atoms. The van der Waals surface area contributed by atoms with Crippen LogP contribution in [0.5, 0.6) is 5.75 Å². The Kier molecular flexibility index (Phi) is 5.00. The van der Waals surface area contributed by atoms with Crippen molar-refractivity contribution in [3.05, 3.63) is 29.8 Å². The van der Waals surface area contributed by atoms with Crippen LogP contribution in [0, 0.1) is 5.92 Å². The molecule has 0 aliphatic rings. The van der Waals surface area contributed by atoms with E-state index >= 15 is 0 Å². The van der Waals surface area contributed by atoms with E-state index < -0.39 is 6.03 Å². The molecule has 0 radical (unpaired) electrons. The third kappa shape index (κ3) is 5.55. The zero-order valence-corrected chi connectivity index (χ0v) is 10.0. The molecule has 0 saturated heterocycles. The first-order chi connectivity index (χ1) is 8.08. The van der Waals surface area contributed by atoms with E-state index in [2.05, 4.69) is 24.4 Å². The van der Waals surface area contributed by atoms with Gasteiger partial charge in [0.15, 0.2) is 0 Å². The summed E-state index contributed by atoms with van der Waals surface area (Å²) < 4.78 is 5.53. The number of rotatable bonds is 5. The van der Waals surface area contributed by atoms with E-state index in [1.165, 1.54) is 6.21 Å². The fourth-order valence-electron chi connectivity index (χ4n) is 1.08. The predicted octanol–water partition coefficient (Wildman–Crippen LogP) is 1.72. The van der Waals surface area contributed by atoms with Crippen LogP contribution in [-0.4, -0.2) is 18.9 Å². The average molecular weight is 235 g/mol. The van der Waals surface area contributed by atoms with Crippen LogP contribution in [-0.2, 0) is 0 Å². The van der Waals surface area contributed by atoms with Gasteiger partial charge in [0.05, 0.1) is 12.8 Å². The second-order valence-corrected chi connectivity index (χ2v) is 4.01. The summed E-state index contributed by atoms with van der Waals surface area (Å²) in [4.78, 5) is 10.4. The molecule has 1 rings (SSSR count). The van der Waals surface area contributed by atoms with Crippen LogP contribution in [0.3, 0.4) is 0 Å². The van der Waals surface area contributed by atoms with Crippen molar-refractivity contribution in [2.24, 2.45) is 16.8 Å². The van der Waals surface area contributed by atoms with Crippen LogP contribution < -0.4 is 15.9 Å². The van der Waals surface area contributed by atoms with Crippen LogP contribution in [0.2, 0.25) is 0 Å². The highest BCUT2D eigenvalue weighted by atomic mass is 16.5. The summed E-state index contributed by atoms with van der Waals surface area (Å²) in [5.41, 5.74) is 7.85. The van der Waals surface area contributed by atoms with Crippen molar-refractivity contribution in [2.75, 3.05) is 6.61 Å². The second-order valence-electron chi connectivity index (χ2n) is 4.01. The van der Waals surface area contributed by atoms with Gasteiger partial charge >= 0.3 is 6.03 Å². The third-order valence-corrected chi connectivity index (χ3v) is 1.85. The Balaban J connectivity index is 2.50. The van der Waals surface area contributed by atoms with Crippen LogP contribution >= 0.6 is 0 Å². The number of primary amides is 1. The summed E-state index contributed by atoms with van der Waals surface area (Å²) in [5, 5.41) is 3.65. The highest BCUT2D eigenvalue weighted by molar-refractivity contribution is 5.81. The highest BCUT2D eigenvalue weighted by Crippen LogP contribution is 2.12. The molecule has 0 spiro atoms. The first-order valence-corrected chi connectivity index (χ1v) is 5.39. The Labute approximate surface area is 101 Å². The average Bonchev–Trinajstić information content (AvgIpc) is 2.27. The number of benzene rings is 1. The van der Waals surface area contributed by atoms with Gasteiger partial charge in [0.2, 0.25) is 0 Å². The van der Waals surface area contributed by atoms with E-state index in [0.29, 0.717) is 12.5 Å². The van der Waals surface area contributed by atoms with Gasteiger partial charge in [0.25, 0.3) is 0 Å². The smallest absolute Gasteiger partial charge is 0.332 e. The van der Waals surface area contributed by atoms with Gasteiger partial charge in [-0.05, 0) is 35.7 Å². The van der Waals surface area contributed by atoms with Crippen molar-refractivity contribution in [1.82, 2.24) is 5.43 Å². The molecule has 0 aliphatic carbocycles. The van der Waals surface area contributed by atoms with Gasteiger partial charge in [-0.3, -0.25) is 0 Å². The lowest BCUT2D eigenvalue weighted by Gasteiger charge is -2.08. The number of urea groups is 1. The lowest BCUT2D eigenvalue weighted by atomic mass is 10.2. The molecule has 0 aliphatic heterocycles. The van der Waals surface area contributed by atoms with Crippen LogP contribution in [0.15, 0.2) is 29.4 Å². The summed E-state index contributed by atoms with van der Waals surface area (Å²) in [7, 11) is 0. The maximum atomic E-state index is 10.4. The molecule has 5 heteroatoms. The topological polar surface area (TPSA) is 76.7 Å². The molecule has 0 fully saturated rings. The predicted molar refractivity (Wildman–Crippen MR) is 67.1 cm³/mol. The SMILES string of the molecule is CC(C)COc1ccc(/C=N\NC(N)=O)cc1. The number of nitrogens with two attached hydrogens (primary N) is 1. The zero-order valence-electron chi connectivity index (χ0n) is 10.0. The second kappa shape index (κ2) is 6.52. The molecule has 3 N–H and O–H groups in total. The summed E-state index contributed by atoms with van der Waals surface area (Å²) in [6, 6.07) is 6.73. The Morgan fingerprint density at radius 1 is 1.47 bits per heavy atom. The number of carbonyl (C=O) groups is 1. The third-order valence-electron chi connectivity index (χ3n) is 1.85. The Hall–Kier alpha value is -2.04. The lowest BCUT2D eigenvalue weighted by Crippen LogP contribution is -2.24. The molecule has 0 atom stereocenters. The zero-order chi connectivity index (χ0) is 12.7. The monoisotopic (exact) mass is 235 g/mol. The molecule has 5 nitrogen and oxygen atoms in total. The molecule has 2 amide bonds. The van der Waals surface area contributed by atoms with E-state index in [1.54, 1.807) is 0 Å². The van der Waals surface area contributed by atoms with Crippen molar-refractivity contribution in [1.29, 1.82) is 0 Å². The number of amides is 2. The first-order valence-electron chi connectivity index (χ1n) is 5.39. The maximum absolute atomic E-state index is 10.4. The number of hydrogen-bond donors (Lipinski definition) is 2.